The van der Waals surface area contributed by atoms with Gasteiger partial charge in [0, 0.05) is 6.54 Å². The molecule has 0 saturated heterocycles. The van der Waals surface area contributed by atoms with Crippen LogP contribution in [0.25, 0.3) is 0 Å². The minimum absolute atomic E-state index is 0.0200. The summed E-state index contributed by atoms with van der Waals surface area (Å²) >= 11 is 0. The highest BCUT2D eigenvalue weighted by molar-refractivity contribution is 5.91. The molecule has 2 aromatic carbocycles. The third-order valence-electron chi connectivity index (χ3n) is 5.02. The molecule has 0 radical (unpaired) electrons. The van der Waals surface area contributed by atoms with Crippen LogP contribution >= 0.6 is 0 Å². The number of rotatable bonds is 12. The molecule has 200 valence electrons. The van der Waals surface area contributed by atoms with Crippen molar-refractivity contribution in [2.75, 3.05) is 26.2 Å². The van der Waals surface area contributed by atoms with Crippen molar-refractivity contribution in [2.24, 2.45) is 0 Å². The molecule has 0 bridgehead atoms. The van der Waals surface area contributed by atoms with Crippen molar-refractivity contribution in [3.05, 3.63) is 71.8 Å². The van der Waals surface area contributed by atoms with Crippen LogP contribution in [0.4, 0.5) is 9.59 Å². The van der Waals surface area contributed by atoms with Gasteiger partial charge in [0.05, 0.1) is 13.1 Å². The van der Waals surface area contributed by atoms with Crippen LogP contribution in [0.2, 0.25) is 0 Å². The van der Waals surface area contributed by atoms with E-state index in [-0.39, 0.29) is 26.2 Å². The van der Waals surface area contributed by atoms with Crippen LogP contribution < -0.4 is 10.6 Å². The standard InChI is InChI=1S/C27H35N3O7/c1-27(2,3)37-25(34)28-16-23(29-26(35)36-19-21-12-8-5-9-13-21)24(33)30(17-22(32)18-31)15-14-20-10-6-4-7-11-20/h4-13,23,31H,14-19H2,1-3H3,(H,28,34)(H,29,35). The van der Waals surface area contributed by atoms with Crippen molar-refractivity contribution in [1.29, 1.82) is 0 Å². The first-order chi connectivity index (χ1) is 17.6. The van der Waals surface area contributed by atoms with E-state index in [1.807, 2.05) is 36.4 Å². The summed E-state index contributed by atoms with van der Waals surface area (Å²) in [5.74, 6) is -1.18. The zero-order valence-electron chi connectivity index (χ0n) is 21.4. The summed E-state index contributed by atoms with van der Waals surface area (Å²) in [5, 5.41) is 14.2. The molecular formula is C27H35N3O7. The van der Waals surface area contributed by atoms with E-state index in [4.69, 9.17) is 9.47 Å². The van der Waals surface area contributed by atoms with Gasteiger partial charge in [-0.05, 0) is 38.3 Å². The number of aliphatic hydroxyl groups is 1. The number of carbonyl (C=O) groups is 4. The normalized spacial score (nSPS) is 11.7. The van der Waals surface area contributed by atoms with Gasteiger partial charge < -0.3 is 30.1 Å². The molecule has 37 heavy (non-hydrogen) atoms. The van der Waals surface area contributed by atoms with Gasteiger partial charge >= 0.3 is 12.2 Å². The number of amides is 3. The fourth-order valence-electron chi connectivity index (χ4n) is 3.27. The second-order valence-corrected chi connectivity index (χ2v) is 9.33. The van der Waals surface area contributed by atoms with E-state index in [1.54, 1.807) is 45.0 Å². The molecular weight excluding hydrogens is 478 g/mol. The summed E-state index contributed by atoms with van der Waals surface area (Å²) in [6.07, 6.45) is -1.20. The average Bonchev–Trinajstić information content (AvgIpc) is 2.87. The van der Waals surface area contributed by atoms with Crippen molar-refractivity contribution < 1.29 is 33.8 Å². The summed E-state index contributed by atoms with van der Waals surface area (Å²) in [7, 11) is 0. The van der Waals surface area contributed by atoms with E-state index in [9.17, 15) is 24.3 Å². The monoisotopic (exact) mass is 513 g/mol. The van der Waals surface area contributed by atoms with E-state index in [0.717, 1.165) is 11.1 Å². The Labute approximate surface area is 216 Å². The fraction of sp³-hybridized carbons (Fsp3) is 0.407. The summed E-state index contributed by atoms with van der Waals surface area (Å²) in [6, 6.07) is 17.1. The molecule has 2 rings (SSSR count). The van der Waals surface area contributed by atoms with Crippen molar-refractivity contribution in [2.45, 2.75) is 45.4 Å². The predicted octanol–water partition coefficient (Wildman–Crippen LogP) is 2.44. The minimum atomic E-state index is -1.25. The molecule has 0 spiro atoms. The Balaban J connectivity index is 2.14. The number of nitrogens with zero attached hydrogens (tertiary/aromatic N) is 1. The first-order valence-corrected chi connectivity index (χ1v) is 12.0. The maximum Gasteiger partial charge on any atom is 0.408 e. The smallest absolute Gasteiger partial charge is 0.408 e. The zero-order valence-corrected chi connectivity index (χ0v) is 21.4. The predicted molar refractivity (Wildman–Crippen MR) is 137 cm³/mol. The van der Waals surface area contributed by atoms with Gasteiger partial charge in [-0.15, -0.1) is 0 Å². The number of carbonyl (C=O) groups excluding carboxylic acids is 4. The number of Topliss-reactive ketones (excluding diaryl/α,β-unsaturated/α-hetero) is 1. The summed E-state index contributed by atoms with van der Waals surface area (Å²) in [4.78, 5) is 51.4. The lowest BCUT2D eigenvalue weighted by Crippen LogP contribution is -2.55. The van der Waals surface area contributed by atoms with E-state index in [2.05, 4.69) is 10.6 Å². The number of benzene rings is 2. The SMILES string of the molecule is CC(C)(C)OC(=O)NCC(NC(=O)OCc1ccccc1)C(=O)N(CCc1ccccc1)CC(=O)CO. The molecule has 1 atom stereocenters. The Bertz CT molecular complexity index is 1020. The van der Waals surface area contributed by atoms with Crippen molar-refractivity contribution in [3.63, 3.8) is 0 Å². The highest BCUT2D eigenvalue weighted by Crippen LogP contribution is 2.08. The van der Waals surface area contributed by atoms with Crippen molar-refractivity contribution in [1.82, 2.24) is 15.5 Å². The van der Waals surface area contributed by atoms with Crippen molar-refractivity contribution >= 4 is 23.9 Å². The van der Waals surface area contributed by atoms with Gasteiger partial charge in [0.25, 0.3) is 0 Å². The topological polar surface area (TPSA) is 134 Å². The van der Waals surface area contributed by atoms with Crippen LogP contribution in [0.1, 0.15) is 31.9 Å². The highest BCUT2D eigenvalue weighted by atomic mass is 16.6. The van der Waals surface area contributed by atoms with Gasteiger partial charge in [0.15, 0.2) is 5.78 Å². The van der Waals surface area contributed by atoms with Gasteiger partial charge in [0.1, 0.15) is 24.9 Å². The van der Waals surface area contributed by atoms with E-state index in [0.29, 0.717) is 6.42 Å². The lowest BCUT2D eigenvalue weighted by molar-refractivity contribution is -0.137. The Morgan fingerprint density at radius 3 is 2.08 bits per heavy atom. The molecule has 3 amide bonds. The van der Waals surface area contributed by atoms with Gasteiger partial charge in [-0.25, -0.2) is 9.59 Å². The Morgan fingerprint density at radius 2 is 1.51 bits per heavy atom. The number of ketones is 1. The molecule has 3 N–H and O–H groups in total. The summed E-state index contributed by atoms with van der Waals surface area (Å²) in [5.41, 5.74) is 0.932. The number of nitrogens with one attached hydrogen (secondary N) is 2. The maximum absolute atomic E-state index is 13.5. The molecule has 2 aromatic rings. The lowest BCUT2D eigenvalue weighted by Gasteiger charge is -2.28. The van der Waals surface area contributed by atoms with Gasteiger partial charge in [-0.2, -0.15) is 0 Å². The van der Waals surface area contributed by atoms with Crippen LogP contribution in [0.5, 0.6) is 0 Å². The third-order valence-corrected chi connectivity index (χ3v) is 5.02. The van der Waals surface area contributed by atoms with Crippen molar-refractivity contribution in [3.8, 4) is 0 Å². The molecule has 1 unspecified atom stereocenters. The van der Waals surface area contributed by atoms with Gasteiger partial charge in [-0.1, -0.05) is 60.7 Å². The maximum atomic E-state index is 13.5. The zero-order chi connectivity index (χ0) is 27.3. The number of aliphatic hydroxyl groups excluding tert-OH is 1. The van der Waals surface area contributed by atoms with Crippen LogP contribution in [0, 0.1) is 0 Å². The number of alkyl carbamates (subject to hydrolysis) is 2. The number of hydrogen-bond acceptors (Lipinski definition) is 7. The lowest BCUT2D eigenvalue weighted by atomic mass is 10.1. The Kier molecular flexibility index (Phi) is 11.6. The van der Waals surface area contributed by atoms with Crippen LogP contribution in [-0.4, -0.2) is 71.8 Å². The van der Waals surface area contributed by atoms with Gasteiger partial charge in [0.2, 0.25) is 5.91 Å². The largest absolute Gasteiger partial charge is 0.445 e. The molecule has 0 aliphatic carbocycles. The first-order valence-electron chi connectivity index (χ1n) is 12.0. The third kappa shape index (κ3) is 11.6. The molecule has 10 nitrogen and oxygen atoms in total. The molecule has 0 fully saturated rings. The van der Waals surface area contributed by atoms with Crippen LogP contribution in [-0.2, 0) is 32.1 Å². The van der Waals surface area contributed by atoms with E-state index >= 15 is 0 Å². The second kappa shape index (κ2) is 14.6. The van der Waals surface area contributed by atoms with E-state index < -0.39 is 42.1 Å². The molecule has 10 heteroatoms. The molecule has 0 saturated carbocycles. The Hall–Kier alpha value is -3.92. The number of ether oxygens (including phenoxy) is 2. The fourth-order valence-corrected chi connectivity index (χ4v) is 3.27. The molecule has 0 aliphatic heterocycles. The number of hydrogen-bond donors (Lipinski definition) is 3. The summed E-state index contributed by atoms with van der Waals surface area (Å²) in [6.45, 7) is 3.82. The Morgan fingerprint density at radius 1 is 0.919 bits per heavy atom. The summed E-state index contributed by atoms with van der Waals surface area (Å²) < 4.78 is 10.5. The van der Waals surface area contributed by atoms with Crippen LogP contribution in [0.15, 0.2) is 60.7 Å². The molecule has 0 aromatic heterocycles. The average molecular weight is 514 g/mol. The quantitative estimate of drug-likeness (QED) is 0.397. The van der Waals surface area contributed by atoms with E-state index in [1.165, 1.54) is 4.90 Å². The molecule has 0 heterocycles. The first kappa shape index (κ1) is 29.3. The highest BCUT2D eigenvalue weighted by Gasteiger charge is 2.29. The minimum Gasteiger partial charge on any atom is -0.445 e. The van der Waals surface area contributed by atoms with Crippen LogP contribution in [0.3, 0.4) is 0 Å². The second-order valence-electron chi connectivity index (χ2n) is 9.33. The van der Waals surface area contributed by atoms with Gasteiger partial charge in [-0.3, -0.25) is 9.59 Å². The molecule has 0 aliphatic rings.